The molecule has 0 atom stereocenters. The van der Waals surface area contributed by atoms with Crippen molar-refractivity contribution in [2.75, 3.05) is 6.54 Å². The summed E-state index contributed by atoms with van der Waals surface area (Å²) in [7, 11) is 0. The second-order valence-electron chi connectivity index (χ2n) is 3.13. The van der Waals surface area contributed by atoms with Gasteiger partial charge in [0.2, 0.25) is 0 Å². The molecule has 0 aliphatic heterocycles. The Balaban J connectivity index is 2.28. The summed E-state index contributed by atoms with van der Waals surface area (Å²) in [6.45, 7) is 4.01. The fraction of sp³-hybridized carbons (Fsp3) is 0.333. The molecule has 0 aliphatic carbocycles. The van der Waals surface area contributed by atoms with Crippen LogP contribution in [-0.4, -0.2) is 6.54 Å². The lowest BCUT2D eigenvalue weighted by Gasteiger charge is -2.04. The smallest absolute Gasteiger partial charge is 0.0220 e. The van der Waals surface area contributed by atoms with Crippen molar-refractivity contribution >= 4 is 15.9 Å². The highest BCUT2D eigenvalue weighted by Crippen LogP contribution is 2.15. The van der Waals surface area contributed by atoms with Gasteiger partial charge < -0.3 is 5.32 Å². The molecule has 76 valence electrons. The Hall–Kier alpha value is -0.600. The zero-order chi connectivity index (χ0) is 10.2. The van der Waals surface area contributed by atoms with Gasteiger partial charge >= 0.3 is 0 Å². The minimum atomic E-state index is 0.930. The average molecular weight is 254 g/mol. The van der Waals surface area contributed by atoms with Gasteiger partial charge in [-0.25, -0.2) is 0 Å². The molecule has 14 heavy (non-hydrogen) atoms. The molecule has 0 amide bonds. The Morgan fingerprint density at radius 3 is 2.86 bits per heavy atom. The maximum absolute atomic E-state index is 3.53. The van der Waals surface area contributed by atoms with E-state index in [9.17, 15) is 0 Å². The molecule has 0 saturated carbocycles. The molecule has 0 aromatic heterocycles. The molecule has 2 heteroatoms. The van der Waals surface area contributed by atoms with Crippen LogP contribution in [0.15, 0.2) is 40.9 Å². The van der Waals surface area contributed by atoms with Gasteiger partial charge in [-0.15, -0.1) is 0 Å². The van der Waals surface area contributed by atoms with E-state index in [4.69, 9.17) is 0 Å². The number of rotatable bonds is 5. The highest BCUT2D eigenvalue weighted by Gasteiger charge is 1.95. The molecule has 0 aliphatic rings. The molecule has 0 bridgehead atoms. The van der Waals surface area contributed by atoms with Crippen LogP contribution in [0.4, 0.5) is 0 Å². The van der Waals surface area contributed by atoms with Crippen LogP contribution in [0.2, 0.25) is 0 Å². The van der Waals surface area contributed by atoms with Crippen molar-refractivity contribution in [1.82, 2.24) is 5.32 Å². The molecule has 1 rings (SSSR count). The van der Waals surface area contributed by atoms with Gasteiger partial charge in [-0.2, -0.15) is 0 Å². The van der Waals surface area contributed by atoms with E-state index in [0.29, 0.717) is 0 Å². The number of hydrogen-bond donors (Lipinski definition) is 1. The van der Waals surface area contributed by atoms with Gasteiger partial charge in [-0.05, 0) is 31.5 Å². The van der Waals surface area contributed by atoms with Crippen LogP contribution < -0.4 is 5.32 Å². The lowest BCUT2D eigenvalue weighted by Crippen LogP contribution is -2.14. The second-order valence-corrected chi connectivity index (χ2v) is 3.98. The number of allylic oxidation sites excluding steroid dienone is 1. The topological polar surface area (TPSA) is 12.0 Å². The van der Waals surface area contributed by atoms with Crippen LogP contribution in [0.5, 0.6) is 0 Å². The van der Waals surface area contributed by atoms with E-state index in [2.05, 4.69) is 51.6 Å². The van der Waals surface area contributed by atoms with E-state index in [1.807, 2.05) is 13.0 Å². The minimum Gasteiger partial charge on any atom is -0.312 e. The molecule has 1 aromatic carbocycles. The number of halogens is 1. The Kier molecular flexibility index (Phi) is 5.57. The summed E-state index contributed by atoms with van der Waals surface area (Å²) in [4.78, 5) is 0. The molecular weight excluding hydrogens is 238 g/mol. The Morgan fingerprint density at radius 1 is 1.36 bits per heavy atom. The van der Waals surface area contributed by atoms with E-state index in [-0.39, 0.29) is 0 Å². The van der Waals surface area contributed by atoms with Gasteiger partial charge in [-0.3, -0.25) is 0 Å². The fourth-order valence-corrected chi connectivity index (χ4v) is 1.64. The van der Waals surface area contributed by atoms with Crippen molar-refractivity contribution in [3.05, 3.63) is 46.5 Å². The first-order chi connectivity index (χ1) is 6.84. The number of hydrogen-bond acceptors (Lipinski definition) is 1. The van der Waals surface area contributed by atoms with Gasteiger partial charge in [0, 0.05) is 11.0 Å². The number of benzene rings is 1. The quantitative estimate of drug-likeness (QED) is 0.626. The lowest BCUT2D eigenvalue weighted by atomic mass is 10.2. The lowest BCUT2D eigenvalue weighted by molar-refractivity contribution is 0.693. The molecular formula is C12H16BrN. The van der Waals surface area contributed by atoms with Gasteiger partial charge in [-0.1, -0.05) is 46.3 Å². The summed E-state index contributed by atoms with van der Waals surface area (Å²) in [5.41, 5.74) is 1.31. The third kappa shape index (κ3) is 4.07. The Bertz CT molecular complexity index is 294. The predicted octanol–water partition coefficient (Wildman–Crippen LogP) is 3.50. The first kappa shape index (κ1) is 11.5. The molecule has 0 saturated heterocycles. The summed E-state index contributed by atoms with van der Waals surface area (Å²) < 4.78 is 1.18. The second kappa shape index (κ2) is 6.80. The van der Waals surface area contributed by atoms with Crippen LogP contribution in [0.1, 0.15) is 18.9 Å². The zero-order valence-corrected chi connectivity index (χ0v) is 10.0. The van der Waals surface area contributed by atoms with Crippen molar-refractivity contribution in [3.63, 3.8) is 0 Å². The standard InChI is InChI=1S/C12H16BrN/c1-2-3-6-9-14-10-11-7-4-5-8-12(11)13/h2-5,7-8,14H,6,9-10H2,1H3/b3-2+. The van der Waals surface area contributed by atoms with Crippen LogP contribution in [0.25, 0.3) is 0 Å². The van der Waals surface area contributed by atoms with Gasteiger partial charge in [0.15, 0.2) is 0 Å². The third-order valence-electron chi connectivity index (χ3n) is 2.00. The molecule has 0 radical (unpaired) electrons. The zero-order valence-electron chi connectivity index (χ0n) is 8.46. The van der Waals surface area contributed by atoms with Crippen molar-refractivity contribution in [2.24, 2.45) is 0 Å². The SMILES string of the molecule is C/C=C/CCNCc1ccccc1Br. The minimum absolute atomic E-state index is 0.930. The maximum atomic E-state index is 3.53. The maximum Gasteiger partial charge on any atom is 0.0220 e. The third-order valence-corrected chi connectivity index (χ3v) is 2.77. The van der Waals surface area contributed by atoms with Crippen LogP contribution in [-0.2, 0) is 6.54 Å². The Morgan fingerprint density at radius 2 is 2.14 bits per heavy atom. The first-order valence-corrected chi connectivity index (χ1v) is 5.69. The first-order valence-electron chi connectivity index (χ1n) is 4.90. The summed E-state index contributed by atoms with van der Waals surface area (Å²) in [6, 6.07) is 8.30. The Labute approximate surface area is 94.3 Å². The molecule has 0 fully saturated rings. The summed E-state index contributed by atoms with van der Waals surface area (Å²) in [6.07, 6.45) is 5.36. The van der Waals surface area contributed by atoms with E-state index >= 15 is 0 Å². The van der Waals surface area contributed by atoms with Crippen molar-refractivity contribution in [1.29, 1.82) is 0 Å². The van der Waals surface area contributed by atoms with E-state index < -0.39 is 0 Å². The highest BCUT2D eigenvalue weighted by atomic mass is 79.9. The fourth-order valence-electron chi connectivity index (χ4n) is 1.22. The highest BCUT2D eigenvalue weighted by molar-refractivity contribution is 9.10. The van der Waals surface area contributed by atoms with Crippen LogP contribution in [0.3, 0.4) is 0 Å². The average Bonchev–Trinajstić information content (AvgIpc) is 2.20. The summed E-state index contributed by atoms with van der Waals surface area (Å²) in [5, 5.41) is 3.40. The van der Waals surface area contributed by atoms with Crippen molar-refractivity contribution < 1.29 is 0 Å². The van der Waals surface area contributed by atoms with Crippen molar-refractivity contribution in [2.45, 2.75) is 19.9 Å². The molecule has 1 nitrogen and oxygen atoms in total. The largest absolute Gasteiger partial charge is 0.312 e. The van der Waals surface area contributed by atoms with Gasteiger partial charge in [0.05, 0.1) is 0 Å². The normalized spacial score (nSPS) is 11.0. The summed E-state index contributed by atoms with van der Waals surface area (Å²) in [5.74, 6) is 0. The van der Waals surface area contributed by atoms with Crippen molar-refractivity contribution in [3.8, 4) is 0 Å². The van der Waals surface area contributed by atoms with Crippen LogP contribution >= 0.6 is 15.9 Å². The molecule has 1 aromatic rings. The monoisotopic (exact) mass is 253 g/mol. The molecule has 0 spiro atoms. The molecule has 0 heterocycles. The predicted molar refractivity (Wildman–Crippen MR) is 65.3 cm³/mol. The van der Waals surface area contributed by atoms with Gasteiger partial charge in [0.1, 0.15) is 0 Å². The summed E-state index contributed by atoms with van der Waals surface area (Å²) >= 11 is 3.53. The molecule has 0 unspecified atom stereocenters. The molecule has 1 N–H and O–H groups in total. The van der Waals surface area contributed by atoms with Crippen LogP contribution in [0, 0.1) is 0 Å². The van der Waals surface area contributed by atoms with E-state index in [1.165, 1.54) is 10.0 Å². The van der Waals surface area contributed by atoms with Gasteiger partial charge in [0.25, 0.3) is 0 Å². The van der Waals surface area contributed by atoms with E-state index in [1.54, 1.807) is 0 Å². The number of nitrogens with one attached hydrogen (secondary N) is 1. The van der Waals surface area contributed by atoms with E-state index in [0.717, 1.165) is 19.5 Å².